The zero-order valence-electron chi connectivity index (χ0n) is 22.9. The molecule has 0 radical (unpaired) electrons. The molecule has 2 aliphatic carbocycles. The molecule has 14 heteroatoms. The third kappa shape index (κ3) is 5.84. The molecule has 0 spiro atoms. The monoisotopic (exact) mass is 630 g/mol. The molecule has 230 valence electrons. The van der Waals surface area contributed by atoms with Crippen molar-refractivity contribution in [3.05, 3.63) is 90.0 Å². The lowest BCUT2D eigenvalue weighted by Crippen LogP contribution is -2.47. The summed E-state index contributed by atoms with van der Waals surface area (Å²) in [4.78, 5) is 37.5. The molecule has 2 aliphatic rings. The number of rotatable bonds is 9. The molecule has 0 heterocycles. The number of allylic oxidation sites excluding steroid dienone is 1. The van der Waals surface area contributed by atoms with E-state index in [1.54, 1.807) is 12.1 Å². The predicted octanol–water partition coefficient (Wildman–Crippen LogP) is 5.04. The Morgan fingerprint density at radius 2 is 1.64 bits per heavy atom. The molecular formula is C30H25F3N2O8S. The number of fused-ring (bicyclic) bond motifs is 2. The molecule has 1 fully saturated rings. The highest BCUT2D eigenvalue weighted by atomic mass is 32.2. The Morgan fingerprint density at radius 1 is 0.909 bits per heavy atom. The fourth-order valence-electron chi connectivity index (χ4n) is 5.49. The Morgan fingerprint density at radius 3 is 2.34 bits per heavy atom. The van der Waals surface area contributed by atoms with Crippen LogP contribution in [0, 0.1) is 17.8 Å². The molecule has 1 saturated carbocycles. The molecule has 3 aromatic rings. The lowest BCUT2D eigenvalue weighted by atomic mass is 9.87. The number of carbonyl (C=O) groups is 3. The number of para-hydroxylation sites is 1. The van der Waals surface area contributed by atoms with Gasteiger partial charge in [0.25, 0.3) is 15.7 Å². The summed E-state index contributed by atoms with van der Waals surface area (Å²) < 4.78 is 73.9. The van der Waals surface area contributed by atoms with E-state index in [0.717, 1.165) is 18.2 Å². The highest BCUT2D eigenvalue weighted by Crippen LogP contribution is 2.45. The fraction of sp³-hybridized carbons (Fsp3) is 0.233. The number of amides is 2. The normalized spacial score (nSPS) is 20.6. The third-order valence-electron chi connectivity index (χ3n) is 7.54. The number of anilines is 1. The van der Waals surface area contributed by atoms with Gasteiger partial charge in [-0.05, 0) is 66.8 Å². The number of methoxy groups -OCH3 is 1. The van der Waals surface area contributed by atoms with E-state index in [0.29, 0.717) is 6.42 Å². The van der Waals surface area contributed by atoms with Gasteiger partial charge in [0.15, 0.2) is 0 Å². The second kappa shape index (κ2) is 11.7. The molecule has 10 nitrogen and oxygen atoms in total. The van der Waals surface area contributed by atoms with Gasteiger partial charge in [-0.15, -0.1) is 0 Å². The van der Waals surface area contributed by atoms with Crippen molar-refractivity contribution in [1.29, 1.82) is 0 Å². The smallest absolute Gasteiger partial charge is 0.496 e. The molecule has 2 bridgehead atoms. The summed E-state index contributed by atoms with van der Waals surface area (Å²) >= 11 is 0. The zero-order valence-corrected chi connectivity index (χ0v) is 23.7. The molecular weight excluding hydrogens is 605 g/mol. The van der Waals surface area contributed by atoms with E-state index in [2.05, 4.69) is 10.6 Å². The topological polar surface area (TPSA) is 148 Å². The number of carbonyl (C=O) groups excluding carboxylic acids is 2. The maximum Gasteiger partial charge on any atom is 0.501 e. The average Bonchev–Trinajstić information content (AvgIpc) is 3.59. The Balaban J connectivity index is 1.36. The van der Waals surface area contributed by atoms with Crippen molar-refractivity contribution < 1.29 is 50.6 Å². The van der Waals surface area contributed by atoms with Crippen LogP contribution in [0.4, 0.5) is 18.9 Å². The summed E-state index contributed by atoms with van der Waals surface area (Å²) in [6, 6.07) is 13.5. The Kier molecular flexibility index (Phi) is 8.12. The van der Waals surface area contributed by atoms with E-state index in [1.165, 1.54) is 43.5 Å². The number of nitrogens with one attached hydrogen (secondary N) is 2. The number of sulfone groups is 1. The first-order chi connectivity index (χ1) is 20.8. The third-order valence-corrected chi connectivity index (χ3v) is 9.02. The van der Waals surface area contributed by atoms with Gasteiger partial charge in [-0.1, -0.05) is 30.4 Å². The predicted molar refractivity (Wildman–Crippen MR) is 150 cm³/mol. The van der Waals surface area contributed by atoms with Crippen LogP contribution in [-0.4, -0.2) is 50.0 Å². The van der Waals surface area contributed by atoms with Crippen LogP contribution in [0.1, 0.15) is 27.1 Å². The summed E-state index contributed by atoms with van der Waals surface area (Å²) in [5, 5.41) is 14.8. The van der Waals surface area contributed by atoms with Gasteiger partial charge in [0.05, 0.1) is 23.5 Å². The fourth-order valence-corrected chi connectivity index (χ4v) is 6.30. The van der Waals surface area contributed by atoms with Gasteiger partial charge in [0, 0.05) is 11.7 Å². The molecule has 0 aliphatic heterocycles. The number of halogens is 3. The van der Waals surface area contributed by atoms with Gasteiger partial charge in [-0.3, -0.25) is 9.59 Å². The van der Waals surface area contributed by atoms with Gasteiger partial charge < -0.3 is 25.2 Å². The standard InChI is InChI=1S/C30H25F3N2O8S/c1-42-23-12-11-19(43-24-8-3-2-7-21(24)29(38)39)15-22(23)27(36)35-26-17-10-9-16(13-17)25(26)28(37)34-18-5-4-6-20(14-18)44(40,41)30(31,32)33/h2-12,14-17,25-26H,13H2,1H3,(H,34,37)(H,35,36)(H,38,39)/t16-,17+,25+,26-/m1/s1. The van der Waals surface area contributed by atoms with Gasteiger partial charge in [0.2, 0.25) is 5.91 Å². The lowest BCUT2D eigenvalue weighted by molar-refractivity contribution is -0.121. The number of ether oxygens (including phenoxy) is 2. The molecule has 0 unspecified atom stereocenters. The van der Waals surface area contributed by atoms with Crippen LogP contribution < -0.4 is 20.1 Å². The number of hydrogen-bond donors (Lipinski definition) is 3. The first-order valence-electron chi connectivity index (χ1n) is 13.2. The molecule has 2 amide bonds. The van der Waals surface area contributed by atoms with Crippen molar-refractivity contribution in [2.24, 2.45) is 17.8 Å². The van der Waals surface area contributed by atoms with Crippen molar-refractivity contribution >= 4 is 33.3 Å². The summed E-state index contributed by atoms with van der Waals surface area (Å²) in [6.07, 6.45) is 4.24. The maximum atomic E-state index is 13.5. The number of carboxylic acids is 1. The van der Waals surface area contributed by atoms with Gasteiger partial charge in [-0.25, -0.2) is 13.2 Å². The van der Waals surface area contributed by atoms with Crippen LogP contribution in [-0.2, 0) is 14.6 Å². The van der Waals surface area contributed by atoms with Crippen molar-refractivity contribution in [2.45, 2.75) is 22.9 Å². The van der Waals surface area contributed by atoms with E-state index in [4.69, 9.17) is 9.47 Å². The molecule has 5 rings (SSSR count). The van der Waals surface area contributed by atoms with Crippen molar-refractivity contribution in [2.75, 3.05) is 12.4 Å². The second-order valence-electron chi connectivity index (χ2n) is 10.2. The minimum Gasteiger partial charge on any atom is -0.496 e. The number of carboxylic acid groups (broad SMARTS) is 1. The second-order valence-corrected chi connectivity index (χ2v) is 12.1. The maximum absolute atomic E-state index is 13.5. The Labute approximate surface area is 249 Å². The summed E-state index contributed by atoms with van der Waals surface area (Å²) in [5.74, 6) is -3.34. The van der Waals surface area contributed by atoms with E-state index < -0.39 is 50.0 Å². The van der Waals surface area contributed by atoms with Crippen LogP contribution >= 0.6 is 0 Å². The Bertz CT molecular complexity index is 1770. The lowest BCUT2D eigenvalue weighted by Gasteiger charge is -2.28. The minimum absolute atomic E-state index is 0.0498. The first-order valence-corrected chi connectivity index (χ1v) is 14.7. The Hall–Kier alpha value is -4.85. The van der Waals surface area contributed by atoms with Crippen molar-refractivity contribution in [3.8, 4) is 17.2 Å². The largest absolute Gasteiger partial charge is 0.501 e. The van der Waals surface area contributed by atoms with E-state index in [9.17, 15) is 41.1 Å². The number of aromatic carboxylic acids is 1. The van der Waals surface area contributed by atoms with Crippen LogP contribution in [0.5, 0.6) is 17.2 Å². The van der Waals surface area contributed by atoms with Gasteiger partial charge >= 0.3 is 11.5 Å². The number of benzene rings is 3. The molecule has 4 atom stereocenters. The summed E-state index contributed by atoms with van der Waals surface area (Å²) in [5.41, 5.74) is -5.69. The summed E-state index contributed by atoms with van der Waals surface area (Å²) in [7, 11) is -4.27. The highest BCUT2D eigenvalue weighted by molar-refractivity contribution is 7.92. The van der Waals surface area contributed by atoms with Gasteiger partial charge in [0.1, 0.15) is 22.8 Å². The first kappa shape index (κ1) is 30.6. The van der Waals surface area contributed by atoms with Crippen molar-refractivity contribution in [1.82, 2.24) is 5.32 Å². The van der Waals surface area contributed by atoms with Crippen LogP contribution in [0.25, 0.3) is 0 Å². The molecule has 3 N–H and O–H groups in total. The molecule has 3 aromatic carbocycles. The van der Waals surface area contributed by atoms with Crippen LogP contribution in [0.2, 0.25) is 0 Å². The minimum atomic E-state index is -5.63. The molecule has 44 heavy (non-hydrogen) atoms. The SMILES string of the molecule is COc1ccc(Oc2ccccc2C(=O)O)cc1C(=O)N[C@H]1[C@@H](C(=O)Nc2cccc(S(=O)(=O)C(F)(F)F)c2)[C@@H]2C=C[C@H]1C2. The van der Waals surface area contributed by atoms with E-state index in [1.807, 2.05) is 12.2 Å². The average molecular weight is 631 g/mol. The number of hydrogen-bond acceptors (Lipinski definition) is 7. The summed E-state index contributed by atoms with van der Waals surface area (Å²) in [6.45, 7) is 0. The zero-order chi connectivity index (χ0) is 31.8. The van der Waals surface area contributed by atoms with Crippen LogP contribution in [0.3, 0.4) is 0 Å². The van der Waals surface area contributed by atoms with E-state index >= 15 is 0 Å². The molecule has 0 saturated heterocycles. The quantitative estimate of drug-likeness (QED) is 0.279. The van der Waals surface area contributed by atoms with Crippen molar-refractivity contribution in [3.63, 3.8) is 0 Å². The van der Waals surface area contributed by atoms with Gasteiger partial charge in [-0.2, -0.15) is 13.2 Å². The number of alkyl halides is 3. The van der Waals surface area contributed by atoms with Crippen LogP contribution in [0.15, 0.2) is 83.8 Å². The highest BCUT2D eigenvalue weighted by Gasteiger charge is 2.49. The molecule has 0 aromatic heterocycles. The van der Waals surface area contributed by atoms with E-state index in [-0.39, 0.29) is 45.9 Å².